The smallest absolute Gasteiger partial charge is 0.0700 e. The van der Waals surface area contributed by atoms with Gasteiger partial charge >= 0.3 is 0 Å². The largest absolute Gasteiger partial charge is 0.313 e. The molecular weight excluding hydrogens is 222 g/mol. The number of hydrogen-bond acceptors (Lipinski definition) is 3. The van der Waals surface area contributed by atoms with Crippen molar-refractivity contribution in [3.8, 4) is 0 Å². The topological polar surface area (TPSA) is 32.5 Å². The maximum absolute atomic E-state index is 6.51. The van der Waals surface area contributed by atoms with Crippen molar-refractivity contribution in [2.24, 2.45) is 5.73 Å². The van der Waals surface area contributed by atoms with Gasteiger partial charge in [0, 0.05) is 32.6 Å². The molecule has 0 aromatic heterocycles. The van der Waals surface area contributed by atoms with Gasteiger partial charge in [-0.3, -0.25) is 4.90 Å². The first-order valence-corrected chi connectivity index (χ1v) is 6.75. The van der Waals surface area contributed by atoms with Crippen molar-refractivity contribution in [1.29, 1.82) is 0 Å². The van der Waals surface area contributed by atoms with E-state index < -0.39 is 0 Å². The fraction of sp³-hybridized carbons (Fsp3) is 0.600. The predicted molar refractivity (Wildman–Crippen MR) is 76.5 cm³/mol. The van der Waals surface area contributed by atoms with Gasteiger partial charge in [0.2, 0.25) is 0 Å². The van der Waals surface area contributed by atoms with Gasteiger partial charge in [-0.05, 0) is 26.5 Å². The lowest BCUT2D eigenvalue weighted by atomic mass is 9.99. The molecular formula is C15H25N3. The van der Waals surface area contributed by atoms with E-state index in [0.717, 1.165) is 32.6 Å². The van der Waals surface area contributed by atoms with E-state index in [1.807, 2.05) is 0 Å². The molecule has 3 heteroatoms. The van der Waals surface area contributed by atoms with Crippen molar-refractivity contribution >= 4 is 0 Å². The van der Waals surface area contributed by atoms with Crippen molar-refractivity contribution in [2.45, 2.75) is 25.9 Å². The van der Waals surface area contributed by atoms with E-state index in [2.05, 4.69) is 55.0 Å². The molecule has 100 valence electrons. The minimum atomic E-state index is -0.240. The van der Waals surface area contributed by atoms with Crippen LogP contribution in [0.1, 0.15) is 18.1 Å². The van der Waals surface area contributed by atoms with Crippen LogP contribution in [-0.2, 0) is 6.42 Å². The first-order chi connectivity index (χ1) is 8.47. The van der Waals surface area contributed by atoms with Crippen molar-refractivity contribution in [2.75, 3.05) is 33.2 Å². The highest BCUT2D eigenvalue weighted by atomic mass is 15.3. The number of rotatable bonds is 3. The standard InChI is InChI=1S/C15H25N3/c1-13-4-6-14(7-5-13)12-15(2,16)18-10-8-17(3)9-11-18/h4-7H,8-12,16H2,1-3H3. The van der Waals surface area contributed by atoms with E-state index in [0.29, 0.717) is 0 Å². The van der Waals surface area contributed by atoms with Gasteiger partial charge in [-0.1, -0.05) is 29.8 Å². The SMILES string of the molecule is Cc1ccc(CC(C)(N)N2CCN(C)CC2)cc1. The number of benzene rings is 1. The van der Waals surface area contributed by atoms with Crippen molar-refractivity contribution in [3.05, 3.63) is 35.4 Å². The van der Waals surface area contributed by atoms with E-state index in [9.17, 15) is 0 Å². The van der Waals surface area contributed by atoms with Crippen LogP contribution in [0.25, 0.3) is 0 Å². The quantitative estimate of drug-likeness (QED) is 0.878. The van der Waals surface area contributed by atoms with Crippen LogP contribution >= 0.6 is 0 Å². The zero-order chi connectivity index (χ0) is 13.2. The molecule has 1 fully saturated rings. The predicted octanol–water partition coefficient (Wildman–Crippen LogP) is 1.46. The molecule has 0 saturated carbocycles. The molecule has 1 aliphatic heterocycles. The van der Waals surface area contributed by atoms with Crippen LogP contribution in [0, 0.1) is 6.92 Å². The van der Waals surface area contributed by atoms with Gasteiger partial charge in [0.25, 0.3) is 0 Å². The van der Waals surface area contributed by atoms with Gasteiger partial charge in [-0.2, -0.15) is 0 Å². The number of piperazine rings is 1. The van der Waals surface area contributed by atoms with Gasteiger partial charge in [0.05, 0.1) is 5.66 Å². The summed E-state index contributed by atoms with van der Waals surface area (Å²) in [5, 5.41) is 0. The summed E-state index contributed by atoms with van der Waals surface area (Å²) in [4.78, 5) is 4.77. The summed E-state index contributed by atoms with van der Waals surface area (Å²) >= 11 is 0. The highest BCUT2D eigenvalue weighted by Crippen LogP contribution is 2.17. The minimum absolute atomic E-state index is 0.240. The Morgan fingerprint density at radius 3 is 2.22 bits per heavy atom. The Hall–Kier alpha value is -0.900. The molecule has 0 amide bonds. The molecule has 2 rings (SSSR count). The average molecular weight is 247 g/mol. The number of aryl methyl sites for hydroxylation is 1. The summed E-state index contributed by atoms with van der Waals surface area (Å²) in [7, 11) is 2.17. The second-order valence-corrected chi connectivity index (χ2v) is 5.81. The maximum Gasteiger partial charge on any atom is 0.0700 e. The zero-order valence-electron chi connectivity index (χ0n) is 11.8. The highest BCUT2D eigenvalue weighted by molar-refractivity contribution is 5.22. The molecule has 1 atom stereocenters. The summed E-state index contributed by atoms with van der Waals surface area (Å²) < 4.78 is 0. The monoisotopic (exact) mass is 247 g/mol. The maximum atomic E-state index is 6.51. The van der Waals surface area contributed by atoms with Crippen molar-refractivity contribution in [1.82, 2.24) is 9.80 Å². The third-order valence-electron chi connectivity index (χ3n) is 3.91. The summed E-state index contributed by atoms with van der Waals surface area (Å²) in [6, 6.07) is 8.71. The lowest BCUT2D eigenvalue weighted by Crippen LogP contribution is -2.60. The Labute approximate surface area is 111 Å². The van der Waals surface area contributed by atoms with E-state index in [-0.39, 0.29) is 5.66 Å². The Bertz CT molecular complexity index is 375. The fourth-order valence-electron chi connectivity index (χ4n) is 2.55. The van der Waals surface area contributed by atoms with E-state index in [4.69, 9.17) is 5.73 Å². The third-order valence-corrected chi connectivity index (χ3v) is 3.91. The van der Waals surface area contributed by atoms with Crippen LogP contribution in [0.5, 0.6) is 0 Å². The number of hydrogen-bond donors (Lipinski definition) is 1. The normalized spacial score (nSPS) is 21.8. The van der Waals surface area contributed by atoms with Gasteiger partial charge in [-0.15, -0.1) is 0 Å². The summed E-state index contributed by atoms with van der Waals surface area (Å²) in [6.45, 7) is 8.62. The molecule has 1 aromatic rings. The summed E-state index contributed by atoms with van der Waals surface area (Å²) in [5.41, 5.74) is 8.90. The van der Waals surface area contributed by atoms with Crippen LogP contribution in [0.3, 0.4) is 0 Å². The first kappa shape index (κ1) is 13.5. The zero-order valence-corrected chi connectivity index (χ0v) is 11.8. The lowest BCUT2D eigenvalue weighted by molar-refractivity contribution is 0.0546. The summed E-state index contributed by atoms with van der Waals surface area (Å²) in [6.07, 6.45) is 0.914. The van der Waals surface area contributed by atoms with Crippen LogP contribution < -0.4 is 5.73 Å². The molecule has 1 saturated heterocycles. The van der Waals surface area contributed by atoms with Crippen molar-refractivity contribution in [3.63, 3.8) is 0 Å². The highest BCUT2D eigenvalue weighted by Gasteiger charge is 2.29. The Morgan fingerprint density at radius 2 is 1.67 bits per heavy atom. The molecule has 1 heterocycles. The molecule has 3 nitrogen and oxygen atoms in total. The first-order valence-electron chi connectivity index (χ1n) is 6.75. The van der Waals surface area contributed by atoms with Crippen LogP contribution in [0.15, 0.2) is 24.3 Å². The summed E-state index contributed by atoms with van der Waals surface area (Å²) in [5.74, 6) is 0. The Morgan fingerprint density at radius 1 is 1.11 bits per heavy atom. The van der Waals surface area contributed by atoms with Gasteiger partial charge in [-0.25, -0.2) is 0 Å². The van der Waals surface area contributed by atoms with Gasteiger partial charge in [0.15, 0.2) is 0 Å². The van der Waals surface area contributed by atoms with E-state index in [1.54, 1.807) is 0 Å². The second kappa shape index (κ2) is 5.39. The molecule has 1 unspecified atom stereocenters. The average Bonchev–Trinajstić information content (AvgIpc) is 2.32. The molecule has 0 spiro atoms. The molecule has 0 bridgehead atoms. The van der Waals surface area contributed by atoms with Crippen LogP contribution in [-0.4, -0.2) is 48.7 Å². The third kappa shape index (κ3) is 3.31. The van der Waals surface area contributed by atoms with Gasteiger partial charge in [0.1, 0.15) is 0 Å². The second-order valence-electron chi connectivity index (χ2n) is 5.81. The molecule has 1 aromatic carbocycles. The fourth-order valence-corrected chi connectivity index (χ4v) is 2.55. The van der Waals surface area contributed by atoms with Crippen LogP contribution in [0.2, 0.25) is 0 Å². The molecule has 18 heavy (non-hydrogen) atoms. The molecule has 0 aliphatic carbocycles. The van der Waals surface area contributed by atoms with E-state index >= 15 is 0 Å². The number of nitrogens with zero attached hydrogens (tertiary/aromatic N) is 2. The minimum Gasteiger partial charge on any atom is -0.313 e. The number of likely N-dealkylation sites (N-methyl/N-ethyl adjacent to an activating group) is 1. The van der Waals surface area contributed by atoms with E-state index in [1.165, 1.54) is 11.1 Å². The Balaban J connectivity index is 2.00. The van der Waals surface area contributed by atoms with Crippen LogP contribution in [0.4, 0.5) is 0 Å². The molecule has 2 N–H and O–H groups in total. The van der Waals surface area contributed by atoms with Crippen molar-refractivity contribution < 1.29 is 0 Å². The lowest BCUT2D eigenvalue weighted by Gasteiger charge is -2.43. The molecule has 1 aliphatic rings. The Kier molecular flexibility index (Phi) is 4.05. The number of nitrogens with two attached hydrogens (primary N) is 1. The molecule has 0 radical (unpaired) electrons. The van der Waals surface area contributed by atoms with Gasteiger partial charge < -0.3 is 10.6 Å².